The molecule has 1 unspecified atom stereocenters. The molecule has 0 fully saturated rings. The van der Waals surface area contributed by atoms with Crippen LogP contribution in [-0.4, -0.2) is 21.3 Å². The fourth-order valence-corrected chi connectivity index (χ4v) is 3.93. The standard InChI is InChI=1S/C19H19NO6S/c1-12-7-6-10-14(16(12)24-2)17-15(21)18(19(20)25-17)26-27(22,23)11-13-8-4-3-5-9-13/h3-10,17H,11,20H2,1-2H3. The highest BCUT2D eigenvalue weighted by Gasteiger charge is 2.41. The summed E-state index contributed by atoms with van der Waals surface area (Å²) < 4.78 is 40.4. The van der Waals surface area contributed by atoms with Crippen molar-refractivity contribution in [1.29, 1.82) is 0 Å². The minimum atomic E-state index is -4.08. The van der Waals surface area contributed by atoms with Crippen LogP contribution in [0.2, 0.25) is 0 Å². The first kappa shape index (κ1) is 18.8. The van der Waals surface area contributed by atoms with Crippen LogP contribution in [0.3, 0.4) is 0 Å². The van der Waals surface area contributed by atoms with Crippen molar-refractivity contribution in [2.75, 3.05) is 7.11 Å². The zero-order valence-electron chi connectivity index (χ0n) is 14.8. The third-order valence-corrected chi connectivity index (χ3v) is 5.16. The van der Waals surface area contributed by atoms with E-state index in [0.29, 0.717) is 16.9 Å². The number of hydrogen-bond acceptors (Lipinski definition) is 7. The highest BCUT2D eigenvalue weighted by Crippen LogP contribution is 2.38. The molecule has 1 aliphatic rings. The molecule has 2 aromatic rings. The number of methoxy groups -OCH3 is 1. The van der Waals surface area contributed by atoms with Crippen LogP contribution in [0.15, 0.2) is 60.2 Å². The lowest BCUT2D eigenvalue weighted by atomic mass is 10.0. The monoisotopic (exact) mass is 389 g/mol. The van der Waals surface area contributed by atoms with Crippen LogP contribution in [0, 0.1) is 6.92 Å². The van der Waals surface area contributed by atoms with Crippen LogP contribution in [0.25, 0.3) is 0 Å². The average Bonchev–Trinajstić information content (AvgIpc) is 2.89. The molecule has 2 aromatic carbocycles. The number of carbonyl (C=O) groups excluding carboxylic acids is 1. The van der Waals surface area contributed by atoms with Crippen LogP contribution in [0.1, 0.15) is 22.8 Å². The smallest absolute Gasteiger partial charge is 0.313 e. The van der Waals surface area contributed by atoms with Crippen LogP contribution < -0.4 is 10.5 Å². The molecular weight excluding hydrogens is 370 g/mol. The van der Waals surface area contributed by atoms with Gasteiger partial charge in [0.25, 0.3) is 0 Å². The molecule has 0 spiro atoms. The van der Waals surface area contributed by atoms with Crippen molar-refractivity contribution in [3.05, 3.63) is 76.9 Å². The molecular formula is C19H19NO6S. The quantitative estimate of drug-likeness (QED) is 0.756. The van der Waals surface area contributed by atoms with E-state index in [4.69, 9.17) is 19.4 Å². The van der Waals surface area contributed by atoms with Crippen molar-refractivity contribution in [1.82, 2.24) is 0 Å². The van der Waals surface area contributed by atoms with E-state index < -0.39 is 33.5 Å². The zero-order valence-corrected chi connectivity index (χ0v) is 15.7. The van der Waals surface area contributed by atoms with Crippen LogP contribution in [0.4, 0.5) is 0 Å². The molecule has 0 amide bonds. The number of ketones is 1. The van der Waals surface area contributed by atoms with E-state index >= 15 is 0 Å². The Balaban J connectivity index is 1.83. The SMILES string of the molecule is COc1c(C)cccc1C1OC(N)=C(OS(=O)(=O)Cc2ccccc2)C1=O. The molecule has 1 aliphatic heterocycles. The van der Waals surface area contributed by atoms with Crippen molar-refractivity contribution in [3.63, 3.8) is 0 Å². The van der Waals surface area contributed by atoms with E-state index in [2.05, 4.69) is 0 Å². The third kappa shape index (κ3) is 3.90. The summed E-state index contributed by atoms with van der Waals surface area (Å²) in [7, 11) is -2.61. The number of para-hydroxylation sites is 1. The van der Waals surface area contributed by atoms with Gasteiger partial charge in [-0.3, -0.25) is 4.79 Å². The predicted molar refractivity (Wildman–Crippen MR) is 97.9 cm³/mol. The molecule has 0 saturated carbocycles. The molecule has 0 aliphatic carbocycles. The summed E-state index contributed by atoms with van der Waals surface area (Å²) >= 11 is 0. The lowest BCUT2D eigenvalue weighted by molar-refractivity contribution is -0.123. The summed E-state index contributed by atoms with van der Waals surface area (Å²) in [6.07, 6.45) is -1.12. The van der Waals surface area contributed by atoms with Crippen LogP contribution in [-0.2, 0) is 29.6 Å². The fraction of sp³-hybridized carbons (Fsp3) is 0.211. The lowest BCUT2D eigenvalue weighted by Crippen LogP contribution is -2.16. The van der Waals surface area contributed by atoms with Gasteiger partial charge >= 0.3 is 10.1 Å². The Morgan fingerprint density at radius 1 is 1.11 bits per heavy atom. The topological polar surface area (TPSA) is 105 Å². The van der Waals surface area contributed by atoms with Gasteiger partial charge in [0.1, 0.15) is 11.5 Å². The molecule has 0 radical (unpaired) electrons. The van der Waals surface area contributed by atoms with Crippen LogP contribution >= 0.6 is 0 Å². The first-order valence-electron chi connectivity index (χ1n) is 8.12. The average molecular weight is 389 g/mol. The Hall–Kier alpha value is -3.00. The highest BCUT2D eigenvalue weighted by atomic mass is 32.2. The van der Waals surface area contributed by atoms with E-state index in [1.165, 1.54) is 7.11 Å². The van der Waals surface area contributed by atoms with Gasteiger partial charge in [-0.1, -0.05) is 48.5 Å². The van der Waals surface area contributed by atoms with Crippen molar-refractivity contribution < 1.29 is 26.9 Å². The number of benzene rings is 2. The van der Waals surface area contributed by atoms with Gasteiger partial charge in [-0.2, -0.15) is 8.42 Å². The molecule has 0 saturated heterocycles. The normalized spacial score (nSPS) is 17.0. The maximum atomic E-state index is 12.7. The molecule has 8 heteroatoms. The van der Waals surface area contributed by atoms with E-state index in [1.54, 1.807) is 42.5 Å². The lowest BCUT2D eigenvalue weighted by Gasteiger charge is -2.15. The Morgan fingerprint density at radius 3 is 2.48 bits per heavy atom. The van der Waals surface area contributed by atoms with Gasteiger partial charge in [0.2, 0.25) is 17.4 Å². The summed E-state index contributed by atoms with van der Waals surface area (Å²) in [4.78, 5) is 12.7. The third-order valence-electron chi connectivity index (χ3n) is 4.06. The number of rotatable bonds is 6. The van der Waals surface area contributed by atoms with Gasteiger partial charge in [0, 0.05) is 5.56 Å². The first-order valence-corrected chi connectivity index (χ1v) is 9.70. The summed E-state index contributed by atoms with van der Waals surface area (Å²) in [5.41, 5.74) is 7.51. The molecule has 142 valence electrons. The summed E-state index contributed by atoms with van der Waals surface area (Å²) in [6.45, 7) is 1.82. The summed E-state index contributed by atoms with van der Waals surface area (Å²) in [5.74, 6) is -1.48. The molecule has 0 aromatic heterocycles. The van der Waals surface area contributed by atoms with Gasteiger partial charge in [-0.05, 0) is 18.1 Å². The minimum Gasteiger partial charge on any atom is -0.496 e. The van der Waals surface area contributed by atoms with E-state index in [0.717, 1.165) is 5.56 Å². The van der Waals surface area contributed by atoms with Crippen molar-refractivity contribution in [2.45, 2.75) is 18.8 Å². The molecule has 1 heterocycles. The van der Waals surface area contributed by atoms with Crippen molar-refractivity contribution >= 4 is 15.9 Å². The van der Waals surface area contributed by atoms with Gasteiger partial charge in [0.05, 0.1) is 7.11 Å². The Kier molecular flexibility index (Phi) is 5.09. The van der Waals surface area contributed by atoms with E-state index in [1.807, 2.05) is 13.0 Å². The van der Waals surface area contributed by atoms with E-state index in [9.17, 15) is 13.2 Å². The summed E-state index contributed by atoms with van der Waals surface area (Å²) in [5, 5.41) is 0. The number of hydrogen-bond donors (Lipinski definition) is 1. The molecule has 1 atom stereocenters. The van der Waals surface area contributed by atoms with Gasteiger partial charge in [-0.25, -0.2) is 0 Å². The van der Waals surface area contributed by atoms with Crippen molar-refractivity contribution in [3.8, 4) is 5.75 Å². The Labute approximate surface area is 157 Å². The van der Waals surface area contributed by atoms with Gasteiger partial charge < -0.3 is 19.4 Å². The second kappa shape index (κ2) is 7.32. The maximum absolute atomic E-state index is 12.7. The number of Topliss-reactive ketones (excluding diaryl/α,β-unsaturated/α-hetero) is 1. The zero-order chi connectivity index (χ0) is 19.6. The Bertz CT molecular complexity index is 998. The minimum absolute atomic E-state index is 0.370. The Morgan fingerprint density at radius 2 is 1.81 bits per heavy atom. The number of nitrogens with two attached hydrogens (primary N) is 1. The number of carbonyl (C=O) groups is 1. The summed E-state index contributed by atoms with van der Waals surface area (Å²) in [6, 6.07) is 13.7. The predicted octanol–water partition coefficient (Wildman–Crippen LogP) is 2.32. The van der Waals surface area contributed by atoms with Crippen LogP contribution in [0.5, 0.6) is 5.75 Å². The van der Waals surface area contributed by atoms with E-state index in [-0.39, 0.29) is 5.88 Å². The fourth-order valence-electron chi connectivity index (χ4n) is 2.86. The highest BCUT2D eigenvalue weighted by molar-refractivity contribution is 7.86. The number of ether oxygens (including phenoxy) is 2. The maximum Gasteiger partial charge on any atom is 0.313 e. The van der Waals surface area contributed by atoms with Gasteiger partial charge in [0.15, 0.2) is 6.10 Å². The molecule has 3 rings (SSSR count). The second-order valence-electron chi connectivity index (χ2n) is 6.02. The molecule has 27 heavy (non-hydrogen) atoms. The molecule has 7 nitrogen and oxygen atoms in total. The molecule has 2 N–H and O–H groups in total. The molecule has 0 bridgehead atoms. The van der Waals surface area contributed by atoms with Crippen molar-refractivity contribution in [2.24, 2.45) is 5.73 Å². The first-order chi connectivity index (χ1) is 12.8. The second-order valence-corrected chi connectivity index (χ2v) is 7.59. The number of aryl methyl sites for hydroxylation is 1. The largest absolute Gasteiger partial charge is 0.496 e. The van der Waals surface area contributed by atoms with Gasteiger partial charge in [-0.15, -0.1) is 0 Å².